The predicted molar refractivity (Wildman–Crippen MR) is 200 cm³/mol. The Balaban J connectivity index is 0.000000303. The number of hydrogen-bond acceptors (Lipinski definition) is 7. The molecule has 0 fully saturated rings. The third-order valence-electron chi connectivity index (χ3n) is 7.32. The first kappa shape index (κ1) is 38.4. The molecule has 0 saturated carbocycles. The molecule has 0 bridgehead atoms. The van der Waals surface area contributed by atoms with Gasteiger partial charge in [0, 0.05) is 88.2 Å². The monoisotopic (exact) mass is 678 g/mol. The van der Waals surface area contributed by atoms with Gasteiger partial charge in [-0.3, -0.25) is 9.69 Å². The Kier molecular flexibility index (Phi) is 13.1. The maximum atomic E-state index is 12.3. The maximum absolute atomic E-state index is 12.3. The molecule has 0 N–H and O–H groups in total. The van der Waals surface area contributed by atoms with Crippen LogP contribution in [0.3, 0.4) is 0 Å². The number of benzene rings is 4. The first-order valence-corrected chi connectivity index (χ1v) is 15.7. The van der Waals surface area contributed by atoms with Gasteiger partial charge in [-0.2, -0.15) is 0 Å². The van der Waals surface area contributed by atoms with Crippen molar-refractivity contribution < 1.29 is 17.2 Å². The second-order valence-electron chi connectivity index (χ2n) is 11.4. The van der Waals surface area contributed by atoms with E-state index < -0.39 is 0 Å². The lowest BCUT2D eigenvalue weighted by molar-refractivity contribution is -0.115. The van der Waals surface area contributed by atoms with E-state index in [9.17, 15) is 4.79 Å². The second-order valence-corrected chi connectivity index (χ2v) is 13.5. The van der Waals surface area contributed by atoms with Crippen molar-refractivity contribution in [3.05, 3.63) is 78.2 Å². The Bertz CT molecular complexity index is 1810. The number of nitrogens with zero attached hydrogens (tertiary/aromatic N) is 6. The van der Waals surface area contributed by atoms with E-state index in [0.29, 0.717) is 0 Å². The summed E-state index contributed by atoms with van der Waals surface area (Å²) in [6.07, 6.45) is 0. The molecule has 0 unspecified atom stereocenters. The van der Waals surface area contributed by atoms with E-state index in [1.807, 2.05) is 40.3 Å². The van der Waals surface area contributed by atoms with Crippen molar-refractivity contribution in [3.8, 4) is 10.6 Å². The minimum atomic E-state index is 0. The Hall–Kier alpha value is -3.79. The van der Waals surface area contributed by atoms with Gasteiger partial charge in [0.05, 0.1) is 32.2 Å². The van der Waals surface area contributed by atoms with Crippen LogP contribution in [0.2, 0.25) is 0 Å². The van der Waals surface area contributed by atoms with E-state index >= 15 is 0 Å². The average molecular weight is 679 g/mol. The summed E-state index contributed by atoms with van der Waals surface area (Å²) in [5.74, 6) is 0.0306. The van der Waals surface area contributed by atoms with Gasteiger partial charge in [-0.05, 0) is 60.7 Å². The summed E-state index contributed by atoms with van der Waals surface area (Å²) in [6.45, 7) is 1.61. The molecule has 0 spiro atoms. The summed E-state index contributed by atoms with van der Waals surface area (Å²) in [7, 11) is 16.3. The fourth-order valence-electron chi connectivity index (χ4n) is 4.84. The van der Waals surface area contributed by atoms with Crippen LogP contribution in [0.25, 0.3) is 20.8 Å². The molecule has 7 nitrogen and oxygen atoms in total. The molecule has 6 rings (SSSR count). The molecule has 1 aliphatic carbocycles. The number of rotatable bonds is 3. The SMILES string of the molecule is C.C.CC(=O)N1c2ccc(N(C)C)cc2Sc2cc(N(C)C)ccc21.CN(C)c1ccc2nc3ccc(=[N+](C)C)cc-3sc2c1.[Cl-]. The molecule has 1 amide bonds. The van der Waals surface area contributed by atoms with Gasteiger partial charge in [-0.15, -0.1) is 11.3 Å². The van der Waals surface area contributed by atoms with Crippen molar-refractivity contribution in [3.63, 3.8) is 0 Å². The number of fused-ring (bicyclic) bond motifs is 4. The fourth-order valence-corrected chi connectivity index (χ4v) is 7.00. The van der Waals surface area contributed by atoms with Crippen LogP contribution in [-0.4, -0.2) is 67.3 Å². The van der Waals surface area contributed by atoms with Crippen molar-refractivity contribution >= 4 is 67.7 Å². The number of anilines is 5. The molecule has 2 aliphatic heterocycles. The summed E-state index contributed by atoms with van der Waals surface area (Å²) in [5.41, 5.74) is 7.51. The van der Waals surface area contributed by atoms with Crippen LogP contribution in [0.5, 0.6) is 0 Å². The molecule has 0 aromatic heterocycles. The highest BCUT2D eigenvalue weighted by molar-refractivity contribution is 7.99. The summed E-state index contributed by atoms with van der Waals surface area (Å²) in [4.78, 5) is 28.5. The summed E-state index contributed by atoms with van der Waals surface area (Å²) in [5, 5.41) is 1.21. The standard InChI is InChI=1S/C18H21N3OS.C16H18N3S.2CH4.ClH/c1-12(22)21-15-8-6-13(19(2)3)10-17(15)23-18-11-14(20(4)5)7-9-16(18)21;1-18(2)11-5-7-13-15(9-11)20-16-10-12(19(3)4)6-8-14(16)17-13;;;/h6-11H,1-5H3;5-10H,1-4H3;2*1H4;1H/q;+1;;;/p-1. The topological polar surface area (TPSA) is 45.9 Å². The Morgan fingerprint density at radius 3 is 1.70 bits per heavy atom. The molecule has 0 atom stereocenters. The molecule has 3 aromatic rings. The number of halogens is 1. The van der Waals surface area contributed by atoms with Crippen molar-refractivity contribution in [2.75, 3.05) is 76.0 Å². The molecule has 0 saturated heterocycles. The Morgan fingerprint density at radius 1 is 0.717 bits per heavy atom. The van der Waals surface area contributed by atoms with Gasteiger partial charge in [0.2, 0.25) is 11.3 Å². The lowest BCUT2D eigenvalue weighted by atomic mass is 10.2. The van der Waals surface area contributed by atoms with Gasteiger partial charge in [-0.25, -0.2) is 9.56 Å². The molecule has 46 heavy (non-hydrogen) atoms. The van der Waals surface area contributed by atoms with Crippen LogP contribution in [0.15, 0.2) is 82.6 Å². The van der Waals surface area contributed by atoms with Crippen molar-refractivity contribution in [1.82, 2.24) is 9.56 Å². The van der Waals surface area contributed by atoms with Crippen molar-refractivity contribution in [2.45, 2.75) is 31.6 Å². The first-order valence-electron chi connectivity index (χ1n) is 14.1. The van der Waals surface area contributed by atoms with E-state index in [4.69, 9.17) is 4.98 Å². The third kappa shape index (κ3) is 7.94. The van der Waals surface area contributed by atoms with Gasteiger partial charge in [0.15, 0.2) is 0 Å². The average Bonchev–Trinajstić information content (AvgIpc) is 2.97. The number of carbonyl (C=O) groups excluding carboxylic acids is 1. The van der Waals surface area contributed by atoms with E-state index in [0.717, 1.165) is 43.8 Å². The third-order valence-corrected chi connectivity index (χ3v) is 9.50. The van der Waals surface area contributed by atoms with Crippen LogP contribution in [0.1, 0.15) is 21.8 Å². The zero-order chi connectivity index (χ0) is 31.0. The minimum Gasteiger partial charge on any atom is -1.00 e. The van der Waals surface area contributed by atoms with Gasteiger partial charge in [-0.1, -0.05) is 26.6 Å². The summed E-state index contributed by atoms with van der Waals surface area (Å²) in [6, 6.07) is 25.3. The van der Waals surface area contributed by atoms with Crippen molar-refractivity contribution in [2.24, 2.45) is 0 Å². The largest absolute Gasteiger partial charge is 1.00 e. The van der Waals surface area contributed by atoms with Crippen molar-refractivity contribution in [1.29, 1.82) is 0 Å². The normalized spacial score (nSPS) is 11.0. The highest BCUT2D eigenvalue weighted by atomic mass is 35.5. The van der Waals surface area contributed by atoms with E-state index in [1.165, 1.54) is 20.6 Å². The second kappa shape index (κ2) is 15.7. The van der Waals surface area contributed by atoms with Gasteiger partial charge in [0.1, 0.15) is 14.1 Å². The van der Waals surface area contributed by atoms with E-state index in [-0.39, 0.29) is 33.2 Å². The summed E-state index contributed by atoms with van der Waals surface area (Å²) < 4.78 is 3.34. The smallest absolute Gasteiger partial charge is 0.228 e. The number of amides is 1. The van der Waals surface area contributed by atoms with Crippen LogP contribution in [-0.2, 0) is 4.79 Å². The van der Waals surface area contributed by atoms with E-state index in [2.05, 4.69) is 108 Å². The summed E-state index contributed by atoms with van der Waals surface area (Å²) >= 11 is 3.52. The Morgan fingerprint density at radius 2 is 1.22 bits per heavy atom. The molecule has 3 aliphatic rings. The Labute approximate surface area is 289 Å². The van der Waals surface area contributed by atoms with Gasteiger partial charge in [0.25, 0.3) is 0 Å². The first-order chi connectivity index (χ1) is 20.4. The van der Waals surface area contributed by atoms with Crippen LogP contribution in [0, 0.1) is 0 Å². The van der Waals surface area contributed by atoms with Gasteiger partial charge < -0.3 is 27.1 Å². The predicted octanol–water partition coefficient (Wildman–Crippen LogP) is 4.74. The minimum absolute atomic E-state index is 0. The molecule has 2 heterocycles. The number of hydrogen-bond donors (Lipinski definition) is 0. The molecule has 246 valence electrons. The molecule has 0 radical (unpaired) electrons. The number of carbonyl (C=O) groups is 1. The quantitative estimate of drug-likeness (QED) is 0.203. The lowest BCUT2D eigenvalue weighted by Crippen LogP contribution is -3.00. The molecule has 3 aromatic carbocycles. The maximum Gasteiger partial charge on any atom is 0.228 e. The van der Waals surface area contributed by atoms with Crippen LogP contribution in [0.4, 0.5) is 28.4 Å². The van der Waals surface area contributed by atoms with Crippen LogP contribution < -0.4 is 41.9 Å². The highest BCUT2D eigenvalue weighted by Crippen LogP contribution is 2.50. The zero-order valence-electron chi connectivity index (χ0n) is 26.7. The lowest BCUT2D eigenvalue weighted by Gasteiger charge is -2.32. The fraction of sp³-hybridized carbons (Fsp3) is 0.306. The number of aromatic nitrogens is 1. The molecule has 10 heteroatoms. The molecular weight excluding hydrogens is 632 g/mol. The van der Waals surface area contributed by atoms with E-state index in [1.54, 1.807) is 34.9 Å². The van der Waals surface area contributed by atoms with Crippen LogP contribution >= 0.6 is 23.1 Å². The highest BCUT2D eigenvalue weighted by Gasteiger charge is 2.27. The molecular formula is C36H47ClN6OS2. The zero-order valence-corrected chi connectivity index (χ0v) is 29.1. The van der Waals surface area contributed by atoms with Gasteiger partial charge >= 0.3 is 0 Å².